The molecule has 176 valence electrons. The zero-order chi connectivity index (χ0) is 25.0. The van der Waals surface area contributed by atoms with E-state index >= 15 is 0 Å². The predicted octanol–water partition coefficient (Wildman–Crippen LogP) is 8.26. The highest BCUT2D eigenvalue weighted by molar-refractivity contribution is 6.31. The number of hydrogen-bond acceptors (Lipinski definition) is 4. The Morgan fingerprint density at radius 1 is 0.459 bits per heavy atom. The van der Waals surface area contributed by atoms with Crippen molar-refractivity contribution in [1.29, 1.82) is 0 Å². The number of aromatic nitrogens is 4. The first-order chi connectivity index (χ1) is 18.3. The van der Waals surface area contributed by atoms with Gasteiger partial charge in [0.15, 0.2) is 17.5 Å². The Kier molecular flexibility index (Phi) is 6.24. The SMILES string of the molecule is Clc1cc(-c2ccccc2)c(-c2ccccn2)c(-c2nc(-c3ccccc3)nc(-c3ccccc3)n2)c1. The van der Waals surface area contributed by atoms with Crippen molar-refractivity contribution >= 4 is 11.6 Å². The second-order valence-corrected chi connectivity index (χ2v) is 8.93. The molecule has 0 bridgehead atoms. The first-order valence-corrected chi connectivity index (χ1v) is 12.3. The van der Waals surface area contributed by atoms with Crippen molar-refractivity contribution in [2.24, 2.45) is 0 Å². The third-order valence-electron chi connectivity index (χ3n) is 6.05. The molecule has 0 spiro atoms. The van der Waals surface area contributed by atoms with E-state index in [1.807, 2.05) is 109 Å². The largest absolute Gasteiger partial charge is 0.256 e. The van der Waals surface area contributed by atoms with Crippen LogP contribution in [-0.4, -0.2) is 19.9 Å². The van der Waals surface area contributed by atoms with Gasteiger partial charge in [0, 0.05) is 33.5 Å². The Labute approximate surface area is 220 Å². The normalized spacial score (nSPS) is 10.8. The molecule has 0 unspecified atom stereocenters. The molecule has 6 rings (SSSR count). The Bertz CT molecular complexity index is 1600. The fourth-order valence-corrected chi connectivity index (χ4v) is 4.56. The minimum atomic E-state index is 0.535. The molecule has 0 N–H and O–H groups in total. The van der Waals surface area contributed by atoms with Gasteiger partial charge in [-0.1, -0.05) is 109 Å². The highest BCUT2D eigenvalue weighted by atomic mass is 35.5. The lowest BCUT2D eigenvalue weighted by atomic mass is 9.92. The van der Waals surface area contributed by atoms with Gasteiger partial charge in [-0.25, -0.2) is 15.0 Å². The van der Waals surface area contributed by atoms with Crippen LogP contribution in [0.25, 0.3) is 56.5 Å². The fraction of sp³-hybridized carbons (Fsp3) is 0. The molecule has 0 amide bonds. The van der Waals surface area contributed by atoms with Crippen molar-refractivity contribution in [2.45, 2.75) is 0 Å². The molecule has 4 aromatic carbocycles. The zero-order valence-corrected chi connectivity index (χ0v) is 20.5. The average Bonchev–Trinajstić information content (AvgIpc) is 2.98. The number of pyridine rings is 1. The second kappa shape index (κ2) is 10.1. The van der Waals surface area contributed by atoms with Crippen molar-refractivity contribution in [1.82, 2.24) is 19.9 Å². The first kappa shape index (κ1) is 22.8. The van der Waals surface area contributed by atoms with E-state index in [0.717, 1.165) is 39.1 Å². The van der Waals surface area contributed by atoms with E-state index in [-0.39, 0.29) is 0 Å². The molecule has 0 atom stereocenters. The summed E-state index contributed by atoms with van der Waals surface area (Å²) in [5.74, 6) is 1.73. The Morgan fingerprint density at radius 2 is 0.946 bits per heavy atom. The lowest BCUT2D eigenvalue weighted by Gasteiger charge is -2.16. The van der Waals surface area contributed by atoms with Gasteiger partial charge < -0.3 is 0 Å². The van der Waals surface area contributed by atoms with Gasteiger partial charge in [-0.05, 0) is 35.4 Å². The van der Waals surface area contributed by atoms with Crippen LogP contribution in [0.3, 0.4) is 0 Å². The van der Waals surface area contributed by atoms with Crippen molar-refractivity contribution < 1.29 is 0 Å². The average molecular weight is 497 g/mol. The topological polar surface area (TPSA) is 51.6 Å². The van der Waals surface area contributed by atoms with Crippen molar-refractivity contribution in [3.8, 4) is 56.5 Å². The quantitative estimate of drug-likeness (QED) is 0.241. The van der Waals surface area contributed by atoms with Gasteiger partial charge in [0.2, 0.25) is 0 Å². The summed E-state index contributed by atoms with van der Waals surface area (Å²) in [5.41, 5.74) is 6.34. The van der Waals surface area contributed by atoms with Crippen LogP contribution >= 0.6 is 11.6 Å². The molecule has 0 saturated carbocycles. The summed E-state index contributed by atoms with van der Waals surface area (Å²) in [5, 5.41) is 0.594. The summed E-state index contributed by atoms with van der Waals surface area (Å²) in [7, 11) is 0. The highest BCUT2D eigenvalue weighted by Gasteiger charge is 2.20. The third-order valence-corrected chi connectivity index (χ3v) is 6.27. The third kappa shape index (κ3) is 4.75. The molecule has 5 heteroatoms. The summed E-state index contributed by atoms with van der Waals surface area (Å²) in [6.45, 7) is 0. The number of hydrogen-bond donors (Lipinski definition) is 0. The number of benzene rings is 4. The summed E-state index contributed by atoms with van der Waals surface area (Å²) in [6.07, 6.45) is 1.79. The van der Waals surface area contributed by atoms with E-state index < -0.39 is 0 Å². The monoisotopic (exact) mass is 496 g/mol. The van der Waals surface area contributed by atoms with Crippen LogP contribution < -0.4 is 0 Å². The zero-order valence-electron chi connectivity index (χ0n) is 19.8. The van der Waals surface area contributed by atoms with Crippen molar-refractivity contribution in [3.63, 3.8) is 0 Å². The number of nitrogens with zero attached hydrogens (tertiary/aromatic N) is 4. The molecular weight excluding hydrogens is 476 g/mol. The maximum absolute atomic E-state index is 6.73. The molecule has 2 heterocycles. The maximum atomic E-state index is 6.73. The molecule has 0 radical (unpaired) electrons. The van der Waals surface area contributed by atoms with Gasteiger partial charge in [-0.15, -0.1) is 0 Å². The van der Waals surface area contributed by atoms with Crippen LogP contribution in [0.4, 0.5) is 0 Å². The molecule has 0 aliphatic carbocycles. The Balaban J connectivity index is 1.67. The van der Waals surface area contributed by atoms with Crippen LogP contribution in [0.2, 0.25) is 5.02 Å². The molecule has 0 aliphatic rings. The van der Waals surface area contributed by atoms with E-state index in [9.17, 15) is 0 Å². The first-order valence-electron chi connectivity index (χ1n) is 11.9. The van der Waals surface area contributed by atoms with Crippen LogP contribution in [0.5, 0.6) is 0 Å². The van der Waals surface area contributed by atoms with E-state index in [1.165, 1.54) is 0 Å². The standard InChI is InChI=1S/C32H21ClN4/c33-25-20-26(22-12-4-1-5-13-22)29(28-18-10-11-19-34-28)27(21-25)32-36-30(23-14-6-2-7-15-23)35-31(37-32)24-16-8-3-9-17-24/h1-21H. The van der Waals surface area contributed by atoms with Crippen LogP contribution in [0.1, 0.15) is 0 Å². The predicted molar refractivity (Wildman–Crippen MR) is 150 cm³/mol. The molecule has 2 aromatic heterocycles. The van der Waals surface area contributed by atoms with E-state index in [2.05, 4.69) is 12.1 Å². The second-order valence-electron chi connectivity index (χ2n) is 8.50. The number of halogens is 1. The minimum absolute atomic E-state index is 0.535. The summed E-state index contributed by atoms with van der Waals surface area (Å²) < 4.78 is 0. The van der Waals surface area contributed by atoms with E-state index in [0.29, 0.717) is 22.5 Å². The van der Waals surface area contributed by atoms with Gasteiger partial charge in [-0.3, -0.25) is 4.98 Å². The number of rotatable bonds is 5. The molecule has 4 nitrogen and oxygen atoms in total. The lowest BCUT2D eigenvalue weighted by Crippen LogP contribution is -2.02. The molecule has 6 aromatic rings. The molecule has 37 heavy (non-hydrogen) atoms. The van der Waals surface area contributed by atoms with Gasteiger partial charge in [0.05, 0.1) is 5.69 Å². The summed E-state index contributed by atoms with van der Waals surface area (Å²) in [6, 6.07) is 39.8. The molecule has 0 fully saturated rings. The Morgan fingerprint density at radius 3 is 1.49 bits per heavy atom. The van der Waals surface area contributed by atoms with Gasteiger partial charge >= 0.3 is 0 Å². The van der Waals surface area contributed by atoms with Crippen molar-refractivity contribution in [3.05, 3.63) is 133 Å². The molecular formula is C32H21ClN4. The van der Waals surface area contributed by atoms with E-state index in [1.54, 1.807) is 6.20 Å². The smallest absolute Gasteiger partial charge is 0.164 e. The summed E-state index contributed by atoms with van der Waals surface area (Å²) >= 11 is 6.73. The fourth-order valence-electron chi connectivity index (χ4n) is 4.34. The van der Waals surface area contributed by atoms with Crippen LogP contribution in [0, 0.1) is 0 Å². The van der Waals surface area contributed by atoms with Gasteiger partial charge in [0.25, 0.3) is 0 Å². The van der Waals surface area contributed by atoms with Gasteiger partial charge in [-0.2, -0.15) is 0 Å². The lowest BCUT2D eigenvalue weighted by molar-refractivity contribution is 1.07. The van der Waals surface area contributed by atoms with E-state index in [4.69, 9.17) is 31.5 Å². The van der Waals surface area contributed by atoms with Crippen LogP contribution in [0.15, 0.2) is 128 Å². The maximum Gasteiger partial charge on any atom is 0.164 e. The molecule has 0 saturated heterocycles. The Hall–Kier alpha value is -4.67. The minimum Gasteiger partial charge on any atom is -0.256 e. The van der Waals surface area contributed by atoms with Crippen molar-refractivity contribution in [2.75, 3.05) is 0 Å². The van der Waals surface area contributed by atoms with Gasteiger partial charge in [0.1, 0.15) is 0 Å². The highest BCUT2D eigenvalue weighted by Crippen LogP contribution is 2.41. The van der Waals surface area contributed by atoms with Crippen LogP contribution in [-0.2, 0) is 0 Å². The summed E-state index contributed by atoms with van der Waals surface area (Å²) in [4.78, 5) is 19.4. The molecule has 0 aliphatic heterocycles.